The first-order chi connectivity index (χ1) is 10.4. The van der Waals surface area contributed by atoms with Crippen molar-refractivity contribution in [2.75, 3.05) is 11.9 Å². The van der Waals surface area contributed by atoms with E-state index in [4.69, 9.17) is 9.40 Å². The third-order valence-electron chi connectivity index (χ3n) is 4.01. The van der Waals surface area contributed by atoms with Crippen molar-refractivity contribution in [3.63, 3.8) is 0 Å². The van der Waals surface area contributed by atoms with E-state index in [1.165, 1.54) is 24.4 Å². The van der Waals surface area contributed by atoms with Crippen LogP contribution in [0.2, 0.25) is 0 Å². The lowest BCUT2D eigenvalue weighted by Gasteiger charge is -2.11. The van der Waals surface area contributed by atoms with Crippen LogP contribution in [0.3, 0.4) is 0 Å². The molecule has 4 rings (SSSR count). The molecular weight excluding hydrogens is 264 g/mol. The smallest absolute Gasteiger partial charge is 0.139 e. The second kappa shape index (κ2) is 5.24. The van der Waals surface area contributed by atoms with E-state index in [-0.39, 0.29) is 0 Å². The summed E-state index contributed by atoms with van der Waals surface area (Å²) in [4.78, 5) is 9.10. The average Bonchev–Trinajstić information content (AvgIpc) is 3.13. The number of pyridine rings is 1. The molecule has 0 spiro atoms. The number of fused-ring (bicyclic) bond motifs is 2. The number of furan rings is 1. The summed E-state index contributed by atoms with van der Waals surface area (Å²) < 4.78 is 7.68. The van der Waals surface area contributed by atoms with E-state index in [1.54, 1.807) is 12.5 Å². The van der Waals surface area contributed by atoms with Gasteiger partial charge in [0.15, 0.2) is 0 Å². The molecule has 0 atom stereocenters. The maximum absolute atomic E-state index is 5.38. The third kappa shape index (κ3) is 2.39. The maximum Gasteiger partial charge on any atom is 0.139 e. The number of nitrogens with zero attached hydrogens (tertiary/aromatic N) is 3. The van der Waals surface area contributed by atoms with Gasteiger partial charge >= 0.3 is 0 Å². The molecule has 1 aliphatic heterocycles. The molecule has 21 heavy (non-hydrogen) atoms. The van der Waals surface area contributed by atoms with E-state index in [9.17, 15) is 0 Å². The Morgan fingerprint density at radius 3 is 3.24 bits per heavy atom. The molecule has 3 aromatic heterocycles. The Labute approximate surface area is 123 Å². The SMILES string of the molecule is c1cc2occc2c(NCCc2cn3c(n2)CCCC3)n1. The molecule has 0 saturated carbocycles. The lowest BCUT2D eigenvalue weighted by Crippen LogP contribution is -2.08. The van der Waals surface area contributed by atoms with Crippen molar-refractivity contribution in [3.05, 3.63) is 42.3 Å². The number of imidazole rings is 1. The summed E-state index contributed by atoms with van der Waals surface area (Å²) in [5.74, 6) is 2.12. The second-order valence-corrected chi connectivity index (χ2v) is 5.47. The molecule has 0 aromatic carbocycles. The van der Waals surface area contributed by atoms with Gasteiger partial charge in [-0.2, -0.15) is 0 Å². The molecule has 1 aliphatic rings. The summed E-state index contributed by atoms with van der Waals surface area (Å²) in [6.45, 7) is 1.94. The molecule has 1 N–H and O–H groups in total. The molecule has 5 nitrogen and oxygen atoms in total. The first kappa shape index (κ1) is 12.4. The minimum atomic E-state index is 0.827. The van der Waals surface area contributed by atoms with Gasteiger partial charge in [-0.3, -0.25) is 0 Å². The quantitative estimate of drug-likeness (QED) is 0.799. The molecular formula is C16H18N4O. The van der Waals surface area contributed by atoms with E-state index in [2.05, 4.69) is 21.1 Å². The Bertz CT molecular complexity index is 735. The molecule has 108 valence electrons. The zero-order valence-corrected chi connectivity index (χ0v) is 11.9. The standard InChI is InChI=1S/C16H18N4O/c1-2-9-20-11-12(19-15(20)3-1)4-7-17-16-13-6-10-21-14(13)5-8-18-16/h5-6,8,10-11H,1-4,7,9H2,(H,17,18). The first-order valence-corrected chi connectivity index (χ1v) is 7.51. The lowest BCUT2D eigenvalue weighted by atomic mass is 10.2. The Morgan fingerprint density at radius 2 is 2.29 bits per heavy atom. The minimum absolute atomic E-state index is 0.827. The van der Waals surface area contributed by atoms with E-state index in [0.717, 1.165) is 42.7 Å². The van der Waals surface area contributed by atoms with Crippen molar-refractivity contribution in [1.29, 1.82) is 0 Å². The lowest BCUT2D eigenvalue weighted by molar-refractivity contribution is 0.522. The third-order valence-corrected chi connectivity index (χ3v) is 4.01. The van der Waals surface area contributed by atoms with Crippen molar-refractivity contribution in [1.82, 2.24) is 14.5 Å². The predicted molar refractivity (Wildman–Crippen MR) is 81.4 cm³/mol. The minimum Gasteiger partial charge on any atom is -0.464 e. The van der Waals surface area contributed by atoms with Gasteiger partial charge in [-0.05, 0) is 25.0 Å². The van der Waals surface area contributed by atoms with Gasteiger partial charge in [-0.15, -0.1) is 0 Å². The summed E-state index contributed by atoms with van der Waals surface area (Å²) in [5, 5.41) is 4.41. The molecule has 3 aromatic rings. The normalized spacial score (nSPS) is 14.3. The van der Waals surface area contributed by atoms with E-state index in [0.29, 0.717) is 0 Å². The Balaban J connectivity index is 1.43. The summed E-state index contributed by atoms with van der Waals surface area (Å²) in [6, 6.07) is 3.82. The Kier molecular flexibility index (Phi) is 3.10. The van der Waals surface area contributed by atoms with Gasteiger partial charge in [-0.1, -0.05) is 0 Å². The monoisotopic (exact) mass is 282 g/mol. The fraction of sp³-hybridized carbons (Fsp3) is 0.375. The zero-order valence-electron chi connectivity index (χ0n) is 11.9. The number of rotatable bonds is 4. The van der Waals surface area contributed by atoms with Gasteiger partial charge in [-0.25, -0.2) is 9.97 Å². The highest BCUT2D eigenvalue weighted by atomic mass is 16.3. The van der Waals surface area contributed by atoms with Crippen LogP contribution < -0.4 is 5.32 Å². The summed E-state index contributed by atoms with van der Waals surface area (Å²) in [7, 11) is 0. The molecule has 0 aliphatic carbocycles. The molecule has 5 heteroatoms. The Hall–Kier alpha value is -2.30. The van der Waals surface area contributed by atoms with E-state index in [1.807, 2.05) is 12.1 Å². The van der Waals surface area contributed by atoms with Gasteiger partial charge in [0.2, 0.25) is 0 Å². The largest absolute Gasteiger partial charge is 0.464 e. The molecule has 0 unspecified atom stereocenters. The second-order valence-electron chi connectivity index (χ2n) is 5.47. The van der Waals surface area contributed by atoms with Crippen molar-refractivity contribution < 1.29 is 4.42 Å². The number of aryl methyl sites for hydroxylation is 2. The van der Waals surface area contributed by atoms with Gasteiger partial charge in [0.05, 0.1) is 17.3 Å². The van der Waals surface area contributed by atoms with Crippen LogP contribution in [0.1, 0.15) is 24.4 Å². The molecule has 4 heterocycles. The van der Waals surface area contributed by atoms with Crippen molar-refractivity contribution in [2.45, 2.75) is 32.2 Å². The number of anilines is 1. The Morgan fingerprint density at radius 1 is 1.29 bits per heavy atom. The van der Waals surface area contributed by atoms with Crippen LogP contribution in [-0.2, 0) is 19.4 Å². The van der Waals surface area contributed by atoms with Crippen LogP contribution in [0.4, 0.5) is 5.82 Å². The number of hydrogen-bond acceptors (Lipinski definition) is 4. The van der Waals surface area contributed by atoms with Gasteiger partial charge in [0.25, 0.3) is 0 Å². The average molecular weight is 282 g/mol. The van der Waals surface area contributed by atoms with Crippen molar-refractivity contribution in [2.24, 2.45) is 0 Å². The highest BCUT2D eigenvalue weighted by Gasteiger charge is 2.12. The van der Waals surface area contributed by atoms with Crippen LogP contribution >= 0.6 is 0 Å². The molecule has 0 saturated heterocycles. The molecule has 0 bridgehead atoms. The number of aromatic nitrogens is 3. The van der Waals surface area contributed by atoms with E-state index >= 15 is 0 Å². The topological polar surface area (TPSA) is 55.9 Å². The van der Waals surface area contributed by atoms with Gasteiger partial charge in [0, 0.05) is 38.3 Å². The molecule has 0 radical (unpaired) electrons. The van der Waals surface area contributed by atoms with Crippen LogP contribution in [0.15, 0.2) is 35.2 Å². The molecule has 0 fully saturated rings. The summed E-state index contributed by atoms with van der Waals surface area (Å²) >= 11 is 0. The maximum atomic E-state index is 5.38. The van der Waals surface area contributed by atoms with Crippen LogP contribution in [0, 0.1) is 0 Å². The van der Waals surface area contributed by atoms with Crippen LogP contribution in [0.25, 0.3) is 11.0 Å². The number of hydrogen-bond donors (Lipinski definition) is 1. The van der Waals surface area contributed by atoms with Gasteiger partial charge in [0.1, 0.15) is 17.2 Å². The molecule has 0 amide bonds. The zero-order chi connectivity index (χ0) is 14.1. The predicted octanol–water partition coefficient (Wildman–Crippen LogP) is 3.02. The van der Waals surface area contributed by atoms with Crippen LogP contribution in [0.5, 0.6) is 0 Å². The highest BCUT2D eigenvalue weighted by Crippen LogP contribution is 2.21. The van der Waals surface area contributed by atoms with E-state index < -0.39 is 0 Å². The van der Waals surface area contributed by atoms with Gasteiger partial charge < -0.3 is 14.3 Å². The number of nitrogens with one attached hydrogen (secondary N) is 1. The highest BCUT2D eigenvalue weighted by molar-refractivity contribution is 5.87. The fourth-order valence-corrected chi connectivity index (χ4v) is 2.94. The summed E-state index contributed by atoms with van der Waals surface area (Å²) in [6.07, 6.45) is 10.2. The van der Waals surface area contributed by atoms with Crippen molar-refractivity contribution in [3.8, 4) is 0 Å². The van der Waals surface area contributed by atoms with Crippen LogP contribution in [-0.4, -0.2) is 21.1 Å². The fourth-order valence-electron chi connectivity index (χ4n) is 2.94. The van der Waals surface area contributed by atoms with Crippen molar-refractivity contribution >= 4 is 16.8 Å². The summed E-state index contributed by atoms with van der Waals surface area (Å²) in [5.41, 5.74) is 2.03. The first-order valence-electron chi connectivity index (χ1n) is 7.51.